The Morgan fingerprint density at radius 2 is 1.69 bits per heavy atom. The molecule has 4 rings (SSSR count). The van der Waals surface area contributed by atoms with Crippen molar-refractivity contribution in [2.45, 2.75) is 39.2 Å². The summed E-state index contributed by atoms with van der Waals surface area (Å²) in [6, 6.07) is 6.45. The van der Waals surface area contributed by atoms with Gasteiger partial charge in [0.15, 0.2) is 0 Å². The smallest absolute Gasteiger partial charge is 0.247 e. The standard InChI is InChI=1S/C24H30N4O4/c1-15(2)13-20(28-23(31)18-5-3-4-6-19(18)24(28)32)22(30)26-16-7-9-17(10-8-16)27-12-11-25-21(29)14-27/h3-4,7-10,15,18-20H,5-6,11-14H2,1-2H3,(H,25,29)(H,26,30). The number of piperazine rings is 1. The van der Waals surface area contributed by atoms with Crippen LogP contribution in [0.2, 0.25) is 0 Å². The van der Waals surface area contributed by atoms with E-state index in [0.717, 1.165) is 12.2 Å². The summed E-state index contributed by atoms with van der Waals surface area (Å²) in [5.41, 5.74) is 1.49. The Bertz CT molecular complexity index is 914. The molecule has 3 atom stereocenters. The number of hydrogen-bond acceptors (Lipinski definition) is 5. The maximum Gasteiger partial charge on any atom is 0.247 e. The number of amides is 4. The second-order valence-corrected chi connectivity index (χ2v) is 9.16. The molecular formula is C24H30N4O4. The van der Waals surface area contributed by atoms with E-state index in [1.54, 1.807) is 12.1 Å². The zero-order chi connectivity index (χ0) is 22.8. The number of benzene rings is 1. The Kier molecular flexibility index (Phi) is 6.30. The van der Waals surface area contributed by atoms with E-state index in [0.29, 0.717) is 38.0 Å². The molecule has 0 spiro atoms. The average molecular weight is 439 g/mol. The molecule has 4 amide bonds. The lowest BCUT2D eigenvalue weighted by Gasteiger charge is -2.29. The fraction of sp³-hybridized carbons (Fsp3) is 0.500. The predicted octanol–water partition coefficient (Wildman–Crippen LogP) is 1.93. The fourth-order valence-corrected chi connectivity index (χ4v) is 4.75. The number of nitrogens with zero attached hydrogens (tertiary/aromatic N) is 2. The highest BCUT2D eigenvalue weighted by Crippen LogP contribution is 2.37. The first-order valence-corrected chi connectivity index (χ1v) is 11.3. The molecule has 32 heavy (non-hydrogen) atoms. The molecule has 1 aliphatic carbocycles. The molecule has 3 aliphatic rings. The molecule has 2 saturated heterocycles. The summed E-state index contributed by atoms with van der Waals surface area (Å²) >= 11 is 0. The molecule has 2 aliphatic heterocycles. The molecule has 2 heterocycles. The molecule has 8 nitrogen and oxygen atoms in total. The van der Waals surface area contributed by atoms with E-state index < -0.39 is 6.04 Å². The zero-order valence-electron chi connectivity index (χ0n) is 18.5. The summed E-state index contributed by atoms with van der Waals surface area (Å²) in [6.45, 7) is 5.58. The van der Waals surface area contributed by atoms with E-state index in [4.69, 9.17) is 0 Å². The van der Waals surface area contributed by atoms with E-state index >= 15 is 0 Å². The van der Waals surface area contributed by atoms with Gasteiger partial charge in [0, 0.05) is 24.5 Å². The molecule has 0 aromatic heterocycles. The van der Waals surface area contributed by atoms with Gasteiger partial charge < -0.3 is 15.5 Å². The van der Waals surface area contributed by atoms with Crippen LogP contribution >= 0.6 is 0 Å². The maximum absolute atomic E-state index is 13.2. The third-order valence-electron chi connectivity index (χ3n) is 6.39. The Morgan fingerprint density at radius 1 is 1.06 bits per heavy atom. The summed E-state index contributed by atoms with van der Waals surface area (Å²) < 4.78 is 0. The normalized spacial score (nSPS) is 23.9. The van der Waals surface area contributed by atoms with Crippen LogP contribution in [-0.2, 0) is 19.2 Å². The Hall–Kier alpha value is -3.16. The van der Waals surface area contributed by atoms with Gasteiger partial charge in [-0.15, -0.1) is 0 Å². The summed E-state index contributed by atoms with van der Waals surface area (Å²) in [5.74, 6) is -1.39. The van der Waals surface area contributed by atoms with Crippen LogP contribution < -0.4 is 15.5 Å². The first-order valence-electron chi connectivity index (χ1n) is 11.3. The third-order valence-corrected chi connectivity index (χ3v) is 6.39. The van der Waals surface area contributed by atoms with Gasteiger partial charge in [-0.1, -0.05) is 26.0 Å². The van der Waals surface area contributed by atoms with Crippen molar-refractivity contribution in [3.05, 3.63) is 36.4 Å². The van der Waals surface area contributed by atoms with E-state index in [1.807, 2.05) is 43.0 Å². The molecule has 2 N–H and O–H groups in total. The molecule has 1 aromatic rings. The van der Waals surface area contributed by atoms with Crippen molar-refractivity contribution >= 4 is 35.0 Å². The first kappa shape index (κ1) is 22.0. The number of likely N-dealkylation sites (tertiary alicyclic amines) is 1. The quantitative estimate of drug-likeness (QED) is 0.522. The van der Waals surface area contributed by atoms with Crippen molar-refractivity contribution in [3.63, 3.8) is 0 Å². The fourth-order valence-electron chi connectivity index (χ4n) is 4.75. The number of fused-ring (bicyclic) bond motifs is 1. The van der Waals surface area contributed by atoms with Crippen molar-refractivity contribution < 1.29 is 19.2 Å². The first-order chi connectivity index (χ1) is 15.3. The van der Waals surface area contributed by atoms with Crippen molar-refractivity contribution in [1.29, 1.82) is 0 Å². The third kappa shape index (κ3) is 4.40. The number of carbonyl (C=O) groups is 4. The van der Waals surface area contributed by atoms with E-state index in [2.05, 4.69) is 10.6 Å². The molecule has 170 valence electrons. The highest BCUT2D eigenvalue weighted by Gasteiger charge is 2.51. The number of carbonyl (C=O) groups excluding carboxylic acids is 4. The second-order valence-electron chi connectivity index (χ2n) is 9.16. The molecule has 1 aromatic carbocycles. The van der Waals surface area contributed by atoms with Crippen LogP contribution in [0.5, 0.6) is 0 Å². The minimum absolute atomic E-state index is 0.0131. The monoisotopic (exact) mass is 438 g/mol. The van der Waals surface area contributed by atoms with Gasteiger partial charge in [-0.2, -0.15) is 0 Å². The summed E-state index contributed by atoms with van der Waals surface area (Å²) in [4.78, 5) is 54.1. The number of allylic oxidation sites excluding steroid dienone is 2. The van der Waals surface area contributed by atoms with Crippen LogP contribution in [0.1, 0.15) is 33.1 Å². The SMILES string of the molecule is CC(C)CC(C(=O)Nc1ccc(N2CCNC(=O)C2)cc1)N1C(=O)C2CC=CCC2C1=O. The van der Waals surface area contributed by atoms with Crippen molar-refractivity contribution in [2.75, 3.05) is 29.9 Å². The van der Waals surface area contributed by atoms with Gasteiger partial charge in [0.25, 0.3) is 0 Å². The average Bonchev–Trinajstić information content (AvgIpc) is 3.03. The van der Waals surface area contributed by atoms with Gasteiger partial charge in [-0.3, -0.25) is 24.1 Å². The van der Waals surface area contributed by atoms with Crippen LogP contribution in [0.4, 0.5) is 11.4 Å². The van der Waals surface area contributed by atoms with Crippen LogP contribution in [0.25, 0.3) is 0 Å². The van der Waals surface area contributed by atoms with E-state index in [1.165, 1.54) is 4.90 Å². The van der Waals surface area contributed by atoms with E-state index in [-0.39, 0.29) is 41.4 Å². The summed E-state index contributed by atoms with van der Waals surface area (Å²) in [6.07, 6.45) is 5.41. The minimum atomic E-state index is -0.828. The van der Waals surface area contributed by atoms with Gasteiger partial charge in [0.2, 0.25) is 23.6 Å². The number of hydrogen-bond donors (Lipinski definition) is 2. The number of anilines is 2. The van der Waals surface area contributed by atoms with Gasteiger partial charge in [0.05, 0.1) is 18.4 Å². The number of nitrogens with one attached hydrogen (secondary N) is 2. The minimum Gasteiger partial charge on any atom is -0.360 e. The lowest BCUT2D eigenvalue weighted by Crippen LogP contribution is -2.48. The predicted molar refractivity (Wildman–Crippen MR) is 121 cm³/mol. The van der Waals surface area contributed by atoms with Crippen LogP contribution in [0, 0.1) is 17.8 Å². The molecule has 0 saturated carbocycles. The molecule has 0 radical (unpaired) electrons. The maximum atomic E-state index is 13.2. The lowest BCUT2D eigenvalue weighted by molar-refractivity contribution is -0.147. The summed E-state index contributed by atoms with van der Waals surface area (Å²) in [7, 11) is 0. The van der Waals surface area contributed by atoms with Crippen molar-refractivity contribution in [1.82, 2.24) is 10.2 Å². The van der Waals surface area contributed by atoms with Crippen molar-refractivity contribution in [3.8, 4) is 0 Å². The van der Waals surface area contributed by atoms with Gasteiger partial charge in [-0.05, 0) is 49.4 Å². The number of imide groups is 1. The largest absolute Gasteiger partial charge is 0.360 e. The lowest BCUT2D eigenvalue weighted by atomic mass is 9.85. The Morgan fingerprint density at radius 3 is 2.25 bits per heavy atom. The summed E-state index contributed by atoms with van der Waals surface area (Å²) in [5, 5.41) is 5.69. The van der Waals surface area contributed by atoms with Crippen LogP contribution in [0.3, 0.4) is 0 Å². The van der Waals surface area contributed by atoms with Gasteiger partial charge >= 0.3 is 0 Å². The van der Waals surface area contributed by atoms with Gasteiger partial charge in [0.1, 0.15) is 6.04 Å². The number of rotatable bonds is 6. The molecule has 0 bridgehead atoms. The van der Waals surface area contributed by atoms with Crippen LogP contribution in [-0.4, -0.2) is 54.2 Å². The zero-order valence-corrected chi connectivity index (χ0v) is 18.5. The second kappa shape index (κ2) is 9.14. The van der Waals surface area contributed by atoms with E-state index in [9.17, 15) is 19.2 Å². The van der Waals surface area contributed by atoms with Gasteiger partial charge in [-0.25, -0.2) is 0 Å². The van der Waals surface area contributed by atoms with Crippen LogP contribution in [0.15, 0.2) is 36.4 Å². The van der Waals surface area contributed by atoms with Crippen molar-refractivity contribution in [2.24, 2.45) is 17.8 Å². The highest BCUT2D eigenvalue weighted by atomic mass is 16.2. The Balaban J connectivity index is 1.48. The molecule has 3 unspecified atom stereocenters. The molecule has 2 fully saturated rings. The molecule has 8 heteroatoms. The topological polar surface area (TPSA) is 98.8 Å². The Labute approximate surface area is 188 Å². The molecular weight excluding hydrogens is 408 g/mol. The highest BCUT2D eigenvalue weighted by molar-refractivity contribution is 6.10.